The molecule has 0 aromatic carbocycles. The van der Waals surface area contributed by atoms with Crippen molar-refractivity contribution in [2.75, 3.05) is 0 Å². The van der Waals surface area contributed by atoms with Crippen LogP contribution in [0.1, 0.15) is 25.6 Å². The molecule has 0 saturated carbocycles. The normalized spacial score (nSPS) is 13.5. The van der Waals surface area contributed by atoms with Gasteiger partial charge in [-0.2, -0.15) is 5.10 Å². The third kappa shape index (κ3) is 1.19. The Balaban J connectivity index is 2.90. The zero-order valence-corrected chi connectivity index (χ0v) is 6.28. The first-order chi connectivity index (χ1) is 4.75. The van der Waals surface area contributed by atoms with Crippen molar-refractivity contribution >= 4 is 0 Å². The molecule has 0 unspecified atom stereocenters. The predicted molar refractivity (Wildman–Crippen MR) is 38.5 cm³/mol. The highest BCUT2D eigenvalue weighted by Crippen LogP contribution is 2.09. The zero-order valence-electron chi connectivity index (χ0n) is 6.28. The van der Waals surface area contributed by atoms with Gasteiger partial charge in [-0.25, -0.2) is 0 Å². The lowest BCUT2D eigenvalue weighted by Gasteiger charge is -2.05. The van der Waals surface area contributed by atoms with E-state index in [9.17, 15) is 0 Å². The average Bonchev–Trinajstić information content (AvgIpc) is 2.33. The fourth-order valence-corrected chi connectivity index (χ4v) is 0.962. The molecule has 10 heavy (non-hydrogen) atoms. The maximum Gasteiger partial charge on any atom is 0.0928 e. The summed E-state index contributed by atoms with van der Waals surface area (Å²) in [6.07, 6.45) is 1.29. The fraction of sp³-hybridized carbons (Fsp3) is 0.571. The highest BCUT2D eigenvalue weighted by atomic mass is 16.3. The van der Waals surface area contributed by atoms with E-state index < -0.39 is 6.10 Å². The minimum atomic E-state index is -0.414. The van der Waals surface area contributed by atoms with E-state index in [0.717, 1.165) is 12.2 Å². The van der Waals surface area contributed by atoms with Crippen LogP contribution in [0.4, 0.5) is 0 Å². The van der Waals surface area contributed by atoms with Crippen LogP contribution in [-0.4, -0.2) is 14.9 Å². The summed E-state index contributed by atoms with van der Waals surface area (Å²) in [5.74, 6) is 0. The van der Waals surface area contributed by atoms with Crippen LogP contribution in [0.5, 0.6) is 0 Å². The van der Waals surface area contributed by atoms with Crippen molar-refractivity contribution in [2.24, 2.45) is 0 Å². The number of aromatic nitrogens is 2. The molecule has 0 saturated heterocycles. The number of aliphatic hydroxyl groups excluding tert-OH is 1. The van der Waals surface area contributed by atoms with Crippen LogP contribution in [0, 0.1) is 0 Å². The lowest BCUT2D eigenvalue weighted by Crippen LogP contribution is -2.04. The van der Waals surface area contributed by atoms with Crippen molar-refractivity contribution in [3.05, 3.63) is 18.0 Å². The zero-order chi connectivity index (χ0) is 7.56. The van der Waals surface area contributed by atoms with E-state index in [1.54, 1.807) is 17.8 Å². The van der Waals surface area contributed by atoms with Gasteiger partial charge in [0.05, 0.1) is 11.8 Å². The number of hydrogen-bond acceptors (Lipinski definition) is 2. The number of nitrogens with zero attached hydrogens (tertiary/aromatic N) is 2. The van der Waals surface area contributed by atoms with Gasteiger partial charge in [0.1, 0.15) is 0 Å². The molecule has 1 aromatic rings. The second-order valence-corrected chi connectivity index (χ2v) is 2.25. The highest BCUT2D eigenvalue weighted by Gasteiger charge is 2.04. The molecular weight excluding hydrogens is 128 g/mol. The van der Waals surface area contributed by atoms with Crippen molar-refractivity contribution in [1.82, 2.24) is 9.78 Å². The SMILES string of the molecule is CCn1nccc1[C@@H](C)O. The average molecular weight is 140 g/mol. The van der Waals surface area contributed by atoms with E-state index in [2.05, 4.69) is 5.10 Å². The summed E-state index contributed by atoms with van der Waals surface area (Å²) >= 11 is 0. The summed E-state index contributed by atoms with van der Waals surface area (Å²) < 4.78 is 1.78. The summed E-state index contributed by atoms with van der Waals surface area (Å²) in [5.41, 5.74) is 0.877. The van der Waals surface area contributed by atoms with Gasteiger partial charge in [-0.15, -0.1) is 0 Å². The molecule has 1 heterocycles. The van der Waals surface area contributed by atoms with Gasteiger partial charge < -0.3 is 5.11 Å². The second kappa shape index (κ2) is 2.84. The Kier molecular flexibility index (Phi) is 2.06. The summed E-state index contributed by atoms with van der Waals surface area (Å²) in [6.45, 7) is 4.55. The highest BCUT2D eigenvalue weighted by molar-refractivity contribution is 5.02. The standard InChI is InChI=1S/C7H12N2O/c1-3-9-7(6(2)10)4-5-8-9/h4-6,10H,3H2,1-2H3/t6-/m1/s1. The molecule has 1 atom stereocenters. The van der Waals surface area contributed by atoms with Crippen LogP contribution in [-0.2, 0) is 6.54 Å². The first-order valence-electron chi connectivity index (χ1n) is 3.45. The Morgan fingerprint density at radius 1 is 1.80 bits per heavy atom. The first kappa shape index (κ1) is 7.28. The summed E-state index contributed by atoms with van der Waals surface area (Å²) in [4.78, 5) is 0. The molecule has 0 radical (unpaired) electrons. The van der Waals surface area contributed by atoms with Crippen molar-refractivity contribution in [2.45, 2.75) is 26.5 Å². The van der Waals surface area contributed by atoms with Crippen LogP contribution in [0.15, 0.2) is 12.3 Å². The van der Waals surface area contributed by atoms with Gasteiger partial charge in [-0.1, -0.05) is 0 Å². The van der Waals surface area contributed by atoms with Gasteiger partial charge >= 0.3 is 0 Å². The Hall–Kier alpha value is -0.830. The molecule has 3 heteroatoms. The molecule has 0 aliphatic carbocycles. The molecule has 1 rings (SSSR count). The Bertz CT molecular complexity index is 205. The van der Waals surface area contributed by atoms with E-state index in [1.807, 2.05) is 13.0 Å². The van der Waals surface area contributed by atoms with Crippen molar-refractivity contribution in [3.63, 3.8) is 0 Å². The Morgan fingerprint density at radius 3 is 2.90 bits per heavy atom. The predicted octanol–water partition coefficient (Wildman–Crippen LogP) is 0.956. The molecule has 0 aliphatic rings. The third-order valence-corrected chi connectivity index (χ3v) is 1.48. The molecule has 0 spiro atoms. The Morgan fingerprint density at radius 2 is 2.50 bits per heavy atom. The van der Waals surface area contributed by atoms with Crippen LogP contribution >= 0.6 is 0 Å². The molecule has 3 nitrogen and oxygen atoms in total. The number of aryl methyl sites for hydroxylation is 1. The number of rotatable bonds is 2. The van der Waals surface area contributed by atoms with Crippen LogP contribution in [0.3, 0.4) is 0 Å². The van der Waals surface area contributed by atoms with Crippen molar-refractivity contribution in [3.8, 4) is 0 Å². The van der Waals surface area contributed by atoms with Gasteiger partial charge in [-0.05, 0) is 19.9 Å². The molecule has 1 aromatic heterocycles. The van der Waals surface area contributed by atoms with Gasteiger partial charge in [0.15, 0.2) is 0 Å². The molecular formula is C7H12N2O. The largest absolute Gasteiger partial charge is 0.387 e. The van der Waals surface area contributed by atoms with E-state index in [-0.39, 0.29) is 0 Å². The minimum absolute atomic E-state index is 0.414. The minimum Gasteiger partial charge on any atom is -0.387 e. The monoisotopic (exact) mass is 140 g/mol. The van der Waals surface area contributed by atoms with Crippen molar-refractivity contribution < 1.29 is 5.11 Å². The first-order valence-corrected chi connectivity index (χ1v) is 3.45. The van der Waals surface area contributed by atoms with Gasteiger partial charge in [0, 0.05) is 12.7 Å². The van der Waals surface area contributed by atoms with Crippen molar-refractivity contribution in [1.29, 1.82) is 0 Å². The number of aliphatic hydroxyl groups is 1. The summed E-state index contributed by atoms with van der Waals surface area (Å²) in [7, 11) is 0. The molecule has 0 amide bonds. The Labute approximate surface area is 60.3 Å². The maximum absolute atomic E-state index is 9.16. The van der Waals surface area contributed by atoms with E-state index in [0.29, 0.717) is 0 Å². The molecule has 56 valence electrons. The van der Waals surface area contributed by atoms with Crippen LogP contribution in [0.25, 0.3) is 0 Å². The van der Waals surface area contributed by atoms with Crippen LogP contribution < -0.4 is 0 Å². The third-order valence-electron chi connectivity index (χ3n) is 1.48. The summed E-state index contributed by atoms with van der Waals surface area (Å²) in [6, 6.07) is 1.83. The van der Waals surface area contributed by atoms with E-state index in [1.165, 1.54) is 0 Å². The molecule has 1 N–H and O–H groups in total. The molecule has 0 aliphatic heterocycles. The molecule has 0 fully saturated rings. The molecule has 0 bridgehead atoms. The topological polar surface area (TPSA) is 38.0 Å². The smallest absolute Gasteiger partial charge is 0.0928 e. The lowest BCUT2D eigenvalue weighted by atomic mass is 10.3. The van der Waals surface area contributed by atoms with Gasteiger partial charge in [0.2, 0.25) is 0 Å². The quantitative estimate of drug-likeness (QED) is 0.664. The van der Waals surface area contributed by atoms with Crippen LogP contribution in [0.2, 0.25) is 0 Å². The van der Waals surface area contributed by atoms with E-state index in [4.69, 9.17) is 5.11 Å². The number of hydrogen-bond donors (Lipinski definition) is 1. The van der Waals surface area contributed by atoms with Gasteiger partial charge in [0.25, 0.3) is 0 Å². The van der Waals surface area contributed by atoms with Gasteiger partial charge in [-0.3, -0.25) is 4.68 Å². The maximum atomic E-state index is 9.16. The fourth-order valence-electron chi connectivity index (χ4n) is 0.962. The van der Waals surface area contributed by atoms with E-state index >= 15 is 0 Å². The summed E-state index contributed by atoms with van der Waals surface area (Å²) in [5, 5.41) is 13.2. The second-order valence-electron chi connectivity index (χ2n) is 2.25. The lowest BCUT2D eigenvalue weighted by molar-refractivity contribution is 0.187.